The van der Waals surface area contributed by atoms with E-state index >= 15 is 0 Å². The van der Waals surface area contributed by atoms with Crippen molar-refractivity contribution >= 4 is 28.5 Å². The summed E-state index contributed by atoms with van der Waals surface area (Å²) in [5.74, 6) is 1.46. The van der Waals surface area contributed by atoms with E-state index in [0.29, 0.717) is 23.7 Å². The first kappa shape index (κ1) is 21.9. The van der Waals surface area contributed by atoms with E-state index in [1.807, 2.05) is 63.2 Å². The van der Waals surface area contributed by atoms with Crippen LogP contribution in [0.25, 0.3) is 11.0 Å². The maximum atomic E-state index is 12.8. The second-order valence-corrected chi connectivity index (χ2v) is 8.26. The van der Waals surface area contributed by atoms with Gasteiger partial charge < -0.3 is 14.6 Å². The Kier molecular flexibility index (Phi) is 6.47. The number of aryl methyl sites for hydroxylation is 2. The number of nitrogens with one attached hydrogen (secondary N) is 1. The number of carbonyl (C=O) groups excluding carboxylic acids is 1. The van der Waals surface area contributed by atoms with Crippen molar-refractivity contribution in [2.75, 3.05) is 6.61 Å². The van der Waals surface area contributed by atoms with Crippen molar-refractivity contribution in [2.45, 2.75) is 33.4 Å². The van der Waals surface area contributed by atoms with Crippen molar-refractivity contribution in [2.24, 2.45) is 0 Å². The van der Waals surface area contributed by atoms with Crippen molar-refractivity contribution in [3.05, 3.63) is 94.3 Å². The minimum atomic E-state index is -0.314. The van der Waals surface area contributed by atoms with Gasteiger partial charge in [-0.15, -0.1) is 0 Å². The van der Waals surface area contributed by atoms with Gasteiger partial charge in [0.25, 0.3) is 5.91 Å². The number of para-hydroxylation sites is 3. The highest BCUT2D eigenvalue weighted by Gasteiger charge is 2.20. The highest BCUT2D eigenvalue weighted by Crippen LogP contribution is 2.24. The van der Waals surface area contributed by atoms with Crippen LogP contribution < -0.4 is 10.1 Å². The third kappa shape index (κ3) is 4.48. The fraction of sp³-hybridized carbons (Fsp3) is 0.231. The summed E-state index contributed by atoms with van der Waals surface area (Å²) in [7, 11) is 0. The average Bonchev–Trinajstić information content (AvgIpc) is 3.15. The first-order chi connectivity index (χ1) is 15.5. The fourth-order valence-electron chi connectivity index (χ4n) is 3.91. The van der Waals surface area contributed by atoms with Gasteiger partial charge in [-0.05, 0) is 56.2 Å². The molecule has 0 radical (unpaired) electrons. The Hall–Kier alpha value is -3.31. The molecule has 0 aliphatic rings. The number of rotatable bonds is 7. The first-order valence-corrected chi connectivity index (χ1v) is 11.0. The molecule has 1 heterocycles. The highest BCUT2D eigenvalue weighted by molar-refractivity contribution is 6.33. The van der Waals surface area contributed by atoms with Crippen molar-refractivity contribution in [1.29, 1.82) is 0 Å². The van der Waals surface area contributed by atoms with Gasteiger partial charge in [0.2, 0.25) is 0 Å². The quantitative estimate of drug-likeness (QED) is 0.385. The molecule has 32 heavy (non-hydrogen) atoms. The Balaban J connectivity index is 1.57. The van der Waals surface area contributed by atoms with E-state index in [1.54, 1.807) is 24.3 Å². The molecule has 1 atom stereocenters. The molecule has 0 saturated heterocycles. The SMILES string of the molecule is Cc1cccc(C)c1OCCn1c(C(C)NC(=O)c2ccccc2Cl)nc2ccccc21. The van der Waals surface area contributed by atoms with Crippen LogP contribution >= 0.6 is 11.6 Å². The second-order valence-electron chi connectivity index (χ2n) is 7.85. The maximum absolute atomic E-state index is 12.8. The molecule has 1 amide bonds. The molecule has 6 heteroatoms. The van der Waals surface area contributed by atoms with Crippen LogP contribution in [-0.4, -0.2) is 22.1 Å². The van der Waals surface area contributed by atoms with Gasteiger partial charge in [-0.1, -0.05) is 54.1 Å². The molecule has 1 aromatic heterocycles. The Morgan fingerprint density at radius 2 is 1.72 bits per heavy atom. The van der Waals surface area contributed by atoms with E-state index in [4.69, 9.17) is 21.3 Å². The number of nitrogens with zero attached hydrogens (tertiary/aromatic N) is 2. The van der Waals surface area contributed by atoms with Gasteiger partial charge in [-0.3, -0.25) is 4.79 Å². The van der Waals surface area contributed by atoms with Crippen LogP contribution in [-0.2, 0) is 6.54 Å². The van der Waals surface area contributed by atoms with Crippen LogP contribution in [0.2, 0.25) is 5.02 Å². The summed E-state index contributed by atoms with van der Waals surface area (Å²) in [4.78, 5) is 17.6. The highest BCUT2D eigenvalue weighted by atomic mass is 35.5. The van der Waals surface area contributed by atoms with Crippen LogP contribution in [0.15, 0.2) is 66.7 Å². The number of halogens is 1. The minimum Gasteiger partial charge on any atom is -0.491 e. The van der Waals surface area contributed by atoms with Crippen LogP contribution in [0.4, 0.5) is 0 Å². The number of carbonyl (C=O) groups is 1. The summed E-state index contributed by atoms with van der Waals surface area (Å²) in [5.41, 5.74) is 4.56. The lowest BCUT2D eigenvalue weighted by atomic mass is 10.1. The van der Waals surface area contributed by atoms with Gasteiger partial charge in [0.15, 0.2) is 0 Å². The third-order valence-corrected chi connectivity index (χ3v) is 5.84. The summed E-state index contributed by atoms with van der Waals surface area (Å²) in [6.45, 7) is 7.12. The number of benzene rings is 3. The van der Waals surface area contributed by atoms with Crippen molar-refractivity contribution in [3.63, 3.8) is 0 Å². The first-order valence-electron chi connectivity index (χ1n) is 10.6. The number of aromatic nitrogens is 2. The van der Waals surface area contributed by atoms with Crippen molar-refractivity contribution in [3.8, 4) is 5.75 Å². The Morgan fingerprint density at radius 3 is 2.47 bits per heavy atom. The van der Waals surface area contributed by atoms with Crippen LogP contribution in [0.3, 0.4) is 0 Å². The molecule has 0 saturated carbocycles. The number of amides is 1. The molecule has 0 fully saturated rings. The number of ether oxygens (including phenoxy) is 1. The van der Waals surface area contributed by atoms with E-state index in [9.17, 15) is 4.79 Å². The van der Waals surface area contributed by atoms with Crippen LogP contribution in [0.1, 0.15) is 40.3 Å². The third-order valence-electron chi connectivity index (χ3n) is 5.51. The molecule has 4 rings (SSSR count). The lowest BCUT2D eigenvalue weighted by Crippen LogP contribution is -2.29. The Bertz CT molecular complexity index is 1240. The van der Waals surface area contributed by atoms with Crippen LogP contribution in [0, 0.1) is 13.8 Å². The summed E-state index contributed by atoms with van der Waals surface area (Å²) in [5, 5.41) is 3.46. The lowest BCUT2D eigenvalue weighted by Gasteiger charge is -2.18. The minimum absolute atomic E-state index is 0.228. The van der Waals surface area contributed by atoms with Gasteiger partial charge in [-0.25, -0.2) is 4.98 Å². The largest absolute Gasteiger partial charge is 0.491 e. The summed E-state index contributed by atoms with van der Waals surface area (Å²) >= 11 is 6.20. The van der Waals surface area contributed by atoms with E-state index in [0.717, 1.165) is 33.7 Å². The van der Waals surface area contributed by atoms with Gasteiger partial charge in [0, 0.05) is 0 Å². The molecule has 0 aliphatic heterocycles. The molecule has 5 nitrogen and oxygen atoms in total. The molecule has 4 aromatic rings. The molecular weight excluding hydrogens is 422 g/mol. The fourth-order valence-corrected chi connectivity index (χ4v) is 4.13. The summed E-state index contributed by atoms with van der Waals surface area (Å²) < 4.78 is 8.25. The normalized spacial score (nSPS) is 12.0. The number of imidazole rings is 1. The van der Waals surface area contributed by atoms with Crippen molar-refractivity contribution in [1.82, 2.24) is 14.9 Å². The van der Waals surface area contributed by atoms with E-state index < -0.39 is 0 Å². The number of hydrogen-bond acceptors (Lipinski definition) is 3. The van der Waals surface area contributed by atoms with Gasteiger partial charge in [-0.2, -0.15) is 0 Å². The summed E-state index contributed by atoms with van der Waals surface area (Å²) in [6, 6.07) is 20.8. The zero-order chi connectivity index (χ0) is 22.7. The molecule has 0 bridgehead atoms. The molecule has 3 aromatic carbocycles. The Labute approximate surface area is 193 Å². The predicted octanol–water partition coefficient (Wildman–Crippen LogP) is 5.88. The van der Waals surface area contributed by atoms with Gasteiger partial charge in [0.05, 0.1) is 34.2 Å². The van der Waals surface area contributed by atoms with E-state index in [-0.39, 0.29) is 11.9 Å². The number of hydrogen-bond donors (Lipinski definition) is 1. The molecule has 164 valence electrons. The zero-order valence-corrected chi connectivity index (χ0v) is 19.2. The number of fused-ring (bicyclic) bond motifs is 1. The standard InChI is InChI=1S/C26H26ClN3O2/c1-17-9-8-10-18(2)24(17)32-16-15-30-23-14-7-6-13-22(23)29-25(30)19(3)28-26(31)20-11-4-5-12-21(20)27/h4-14,19H,15-16H2,1-3H3,(H,28,31). The smallest absolute Gasteiger partial charge is 0.253 e. The summed E-state index contributed by atoms with van der Waals surface area (Å²) in [6.07, 6.45) is 0. The molecule has 1 N–H and O–H groups in total. The molecular formula is C26H26ClN3O2. The van der Waals surface area contributed by atoms with Gasteiger partial charge in [0.1, 0.15) is 18.2 Å². The maximum Gasteiger partial charge on any atom is 0.253 e. The van der Waals surface area contributed by atoms with Crippen LogP contribution in [0.5, 0.6) is 5.75 Å². The molecule has 0 spiro atoms. The lowest BCUT2D eigenvalue weighted by molar-refractivity contribution is 0.0937. The average molecular weight is 448 g/mol. The van der Waals surface area contributed by atoms with E-state index in [1.165, 1.54) is 0 Å². The van der Waals surface area contributed by atoms with Crippen molar-refractivity contribution < 1.29 is 9.53 Å². The zero-order valence-electron chi connectivity index (χ0n) is 18.4. The molecule has 1 unspecified atom stereocenters. The Morgan fingerprint density at radius 1 is 1.03 bits per heavy atom. The van der Waals surface area contributed by atoms with E-state index in [2.05, 4.69) is 9.88 Å². The predicted molar refractivity (Wildman–Crippen MR) is 128 cm³/mol. The monoisotopic (exact) mass is 447 g/mol. The topological polar surface area (TPSA) is 56.1 Å². The molecule has 0 aliphatic carbocycles. The second kappa shape index (κ2) is 9.45. The van der Waals surface area contributed by atoms with Gasteiger partial charge >= 0.3 is 0 Å².